The van der Waals surface area contributed by atoms with E-state index in [1.54, 1.807) is 6.07 Å². The molecule has 1 aliphatic carbocycles. The van der Waals surface area contributed by atoms with Crippen LogP contribution < -0.4 is 10.1 Å². The maximum absolute atomic E-state index is 13.4. The number of halogens is 1. The van der Waals surface area contributed by atoms with E-state index < -0.39 is 0 Å². The number of ether oxygens (including phenoxy) is 2. The summed E-state index contributed by atoms with van der Waals surface area (Å²) in [6.07, 6.45) is 4.16. The van der Waals surface area contributed by atoms with Crippen molar-refractivity contribution in [2.45, 2.75) is 59.3 Å². The standard InChI is InChI=1S/C22H34FNO3.H2/c1-16(2)19-6-5-18(23)15-20(19)27-14-13-26-12-11-24-21(25)17-7-9-22(3,4)10-8-17;/h5-6,15-17H,7-14H2,1-4H3,(H,24,25);1H. The smallest absolute Gasteiger partial charge is 0.223 e. The van der Waals surface area contributed by atoms with E-state index in [-0.39, 0.29) is 25.0 Å². The van der Waals surface area contributed by atoms with Crippen LogP contribution in [0.5, 0.6) is 5.75 Å². The summed E-state index contributed by atoms with van der Waals surface area (Å²) in [5.74, 6) is 0.823. The summed E-state index contributed by atoms with van der Waals surface area (Å²) >= 11 is 0. The molecule has 0 aromatic heterocycles. The highest BCUT2D eigenvalue weighted by Crippen LogP contribution is 2.37. The molecule has 0 radical (unpaired) electrons. The van der Waals surface area contributed by atoms with Gasteiger partial charge >= 0.3 is 0 Å². The molecule has 1 fully saturated rings. The van der Waals surface area contributed by atoms with Gasteiger partial charge in [-0.15, -0.1) is 0 Å². The molecule has 1 aliphatic rings. The molecule has 4 nitrogen and oxygen atoms in total. The molecule has 0 saturated heterocycles. The first-order chi connectivity index (χ1) is 12.8. The van der Waals surface area contributed by atoms with Crippen molar-refractivity contribution in [3.05, 3.63) is 29.6 Å². The van der Waals surface area contributed by atoms with Gasteiger partial charge in [-0.25, -0.2) is 4.39 Å². The third kappa shape index (κ3) is 7.13. The summed E-state index contributed by atoms with van der Waals surface area (Å²) in [5.41, 5.74) is 1.36. The monoisotopic (exact) mass is 381 g/mol. The van der Waals surface area contributed by atoms with Crippen molar-refractivity contribution in [1.29, 1.82) is 0 Å². The van der Waals surface area contributed by atoms with Crippen molar-refractivity contribution in [3.8, 4) is 5.75 Å². The minimum absolute atomic E-state index is 0. The number of nitrogens with one attached hydrogen (secondary N) is 1. The summed E-state index contributed by atoms with van der Waals surface area (Å²) in [6, 6.07) is 4.63. The van der Waals surface area contributed by atoms with Gasteiger partial charge in [-0.1, -0.05) is 33.8 Å². The van der Waals surface area contributed by atoms with E-state index in [0.29, 0.717) is 37.5 Å². The number of carbonyl (C=O) groups excluding carboxylic acids is 1. The SMILES string of the molecule is CC(C)c1ccc(F)cc1OCCOCCNC(=O)C1CCC(C)(C)CC1.[HH]. The zero-order valence-electron chi connectivity index (χ0n) is 17.1. The lowest BCUT2D eigenvalue weighted by atomic mass is 9.73. The largest absolute Gasteiger partial charge is 0.491 e. The summed E-state index contributed by atoms with van der Waals surface area (Å²) in [4.78, 5) is 12.2. The Bertz CT molecular complexity index is 612. The maximum atomic E-state index is 13.4. The summed E-state index contributed by atoms with van der Waals surface area (Å²) in [6.45, 7) is 10.4. The quantitative estimate of drug-likeness (QED) is 0.618. The number of benzene rings is 1. The first-order valence-corrected chi connectivity index (χ1v) is 10.1. The molecule has 1 aromatic carbocycles. The van der Waals surface area contributed by atoms with Crippen LogP contribution in [0.4, 0.5) is 4.39 Å². The van der Waals surface area contributed by atoms with Gasteiger partial charge in [0.05, 0.1) is 13.2 Å². The van der Waals surface area contributed by atoms with E-state index in [1.807, 2.05) is 13.8 Å². The van der Waals surface area contributed by atoms with Crippen LogP contribution in [-0.2, 0) is 9.53 Å². The van der Waals surface area contributed by atoms with Crippen LogP contribution in [0.15, 0.2) is 18.2 Å². The lowest BCUT2D eigenvalue weighted by Gasteiger charge is -2.33. The Hall–Kier alpha value is -1.62. The molecule has 0 aliphatic heterocycles. The van der Waals surface area contributed by atoms with Gasteiger partial charge in [-0.3, -0.25) is 4.79 Å². The molecule has 0 spiro atoms. The van der Waals surface area contributed by atoms with Crippen LogP contribution >= 0.6 is 0 Å². The Morgan fingerprint density at radius 2 is 1.96 bits per heavy atom. The van der Waals surface area contributed by atoms with Gasteiger partial charge in [-0.2, -0.15) is 0 Å². The Morgan fingerprint density at radius 1 is 1.26 bits per heavy atom. The molecule has 1 aromatic rings. The van der Waals surface area contributed by atoms with Crippen LogP contribution in [0.2, 0.25) is 0 Å². The number of hydrogen-bond acceptors (Lipinski definition) is 3. The molecule has 0 unspecified atom stereocenters. The fraction of sp³-hybridized carbons (Fsp3) is 0.682. The Labute approximate surface area is 164 Å². The summed E-state index contributed by atoms with van der Waals surface area (Å²) in [5, 5.41) is 2.97. The molecule has 0 atom stereocenters. The third-order valence-corrected chi connectivity index (χ3v) is 5.34. The molecule has 5 heteroatoms. The zero-order valence-corrected chi connectivity index (χ0v) is 17.1. The normalized spacial score (nSPS) is 17.1. The van der Waals surface area contributed by atoms with E-state index in [4.69, 9.17) is 9.47 Å². The molecule has 1 saturated carbocycles. The number of amides is 1. The first kappa shape index (κ1) is 21.7. The van der Waals surface area contributed by atoms with Gasteiger partial charge in [0.25, 0.3) is 0 Å². The highest BCUT2D eigenvalue weighted by Gasteiger charge is 2.30. The second kappa shape index (κ2) is 10.1. The summed E-state index contributed by atoms with van der Waals surface area (Å²) < 4.78 is 24.6. The van der Waals surface area contributed by atoms with Gasteiger partial charge in [0, 0.05) is 20.0 Å². The highest BCUT2D eigenvalue weighted by molar-refractivity contribution is 5.78. The minimum Gasteiger partial charge on any atom is -0.491 e. The second-order valence-electron chi connectivity index (χ2n) is 8.53. The molecule has 1 N–H and O–H groups in total. The van der Waals surface area contributed by atoms with Crippen LogP contribution in [0.1, 0.15) is 66.3 Å². The zero-order chi connectivity index (χ0) is 19.9. The van der Waals surface area contributed by atoms with Crippen molar-refractivity contribution in [2.24, 2.45) is 11.3 Å². The van der Waals surface area contributed by atoms with Gasteiger partial charge in [0.15, 0.2) is 0 Å². The molecular formula is C22H36FNO3. The van der Waals surface area contributed by atoms with E-state index in [2.05, 4.69) is 19.2 Å². The first-order valence-electron chi connectivity index (χ1n) is 10.1. The van der Waals surface area contributed by atoms with E-state index in [0.717, 1.165) is 31.2 Å². The fourth-order valence-electron chi connectivity index (χ4n) is 3.47. The molecule has 0 heterocycles. The lowest BCUT2D eigenvalue weighted by Crippen LogP contribution is -2.36. The second-order valence-corrected chi connectivity index (χ2v) is 8.53. The number of rotatable bonds is 9. The van der Waals surface area contributed by atoms with Crippen molar-refractivity contribution in [2.75, 3.05) is 26.4 Å². The maximum Gasteiger partial charge on any atom is 0.223 e. The number of carbonyl (C=O) groups is 1. The average Bonchev–Trinajstić information content (AvgIpc) is 2.60. The van der Waals surface area contributed by atoms with Gasteiger partial charge in [0.2, 0.25) is 5.91 Å². The fourth-order valence-corrected chi connectivity index (χ4v) is 3.47. The Kier molecular flexibility index (Phi) is 8.08. The van der Waals surface area contributed by atoms with Crippen molar-refractivity contribution < 1.29 is 20.1 Å². The predicted molar refractivity (Wildman–Crippen MR) is 108 cm³/mol. The molecule has 2 rings (SSSR count). The molecular weight excluding hydrogens is 345 g/mol. The molecule has 0 bridgehead atoms. The van der Waals surface area contributed by atoms with Crippen LogP contribution in [0.25, 0.3) is 0 Å². The van der Waals surface area contributed by atoms with Gasteiger partial charge in [-0.05, 0) is 48.6 Å². The molecule has 154 valence electrons. The Balaban J connectivity index is 0.00000392. The van der Waals surface area contributed by atoms with Crippen LogP contribution in [0, 0.1) is 17.2 Å². The highest BCUT2D eigenvalue weighted by atomic mass is 19.1. The van der Waals surface area contributed by atoms with Gasteiger partial charge in [0.1, 0.15) is 18.2 Å². The average molecular weight is 382 g/mol. The Morgan fingerprint density at radius 3 is 2.63 bits per heavy atom. The van der Waals surface area contributed by atoms with Crippen LogP contribution in [-0.4, -0.2) is 32.3 Å². The van der Waals surface area contributed by atoms with E-state index >= 15 is 0 Å². The minimum atomic E-state index is -0.302. The third-order valence-electron chi connectivity index (χ3n) is 5.34. The molecule has 27 heavy (non-hydrogen) atoms. The van der Waals surface area contributed by atoms with Crippen LogP contribution in [0.3, 0.4) is 0 Å². The predicted octanol–water partition coefficient (Wildman–Crippen LogP) is 4.92. The topological polar surface area (TPSA) is 47.6 Å². The molecule has 1 amide bonds. The summed E-state index contributed by atoms with van der Waals surface area (Å²) in [7, 11) is 0. The van der Waals surface area contributed by atoms with Crippen molar-refractivity contribution in [3.63, 3.8) is 0 Å². The van der Waals surface area contributed by atoms with E-state index in [1.165, 1.54) is 12.1 Å². The lowest BCUT2D eigenvalue weighted by molar-refractivity contribution is -0.126. The van der Waals surface area contributed by atoms with Crippen molar-refractivity contribution >= 4 is 5.91 Å². The van der Waals surface area contributed by atoms with Crippen molar-refractivity contribution in [1.82, 2.24) is 5.32 Å². The number of hydrogen-bond donors (Lipinski definition) is 1. The van der Waals surface area contributed by atoms with E-state index in [9.17, 15) is 9.18 Å². The van der Waals surface area contributed by atoms with Gasteiger partial charge < -0.3 is 14.8 Å².